The third kappa shape index (κ3) is 255. The quantitative estimate of drug-likeness (QED) is 0.137. The van der Waals surface area contributed by atoms with Crippen LogP contribution in [0.5, 0.6) is 0 Å². The minimum absolute atomic E-state index is 0.0833. The molecule has 0 aliphatic carbocycles. The molecule has 9 N–H and O–H groups in total. The summed E-state index contributed by atoms with van der Waals surface area (Å²) in [5, 5.41) is 8.47. The summed E-state index contributed by atoms with van der Waals surface area (Å²) in [6.45, 7) is 0. The van der Waals surface area contributed by atoms with Crippen LogP contribution in [0, 0.1) is 0 Å². The van der Waals surface area contributed by atoms with Crippen LogP contribution in [-0.2, 0) is 10.3 Å². The summed E-state index contributed by atoms with van der Waals surface area (Å²) in [4.78, 5) is 0. The van der Waals surface area contributed by atoms with Gasteiger partial charge in [0.15, 0.2) is 0 Å². The molecule has 0 aromatic carbocycles. The van der Waals surface area contributed by atoms with Gasteiger partial charge in [0.2, 0.25) is 0 Å². The highest BCUT2D eigenvalue weighted by Crippen LogP contribution is 1.50. The van der Waals surface area contributed by atoms with Gasteiger partial charge in [-0.25, -0.2) is 5.14 Å². The van der Waals surface area contributed by atoms with Gasteiger partial charge in [0.1, 0.15) is 0 Å². The number of rotatable bonds is 0. The zero-order valence-electron chi connectivity index (χ0n) is 4.48. The van der Waals surface area contributed by atoms with Crippen LogP contribution in [-0.4, -0.2) is 18.9 Å². The lowest BCUT2D eigenvalue weighted by atomic mass is 11.1. The Morgan fingerprint density at radius 2 is 1.44 bits per heavy atom. The summed E-state index contributed by atoms with van der Waals surface area (Å²) in [5.74, 6) is -0.0833. The fourth-order valence-electron chi connectivity index (χ4n) is 0. The van der Waals surface area contributed by atoms with Gasteiger partial charge in [0.05, 0.1) is 0 Å². The minimum Gasteiger partial charge on any atom is -0.291 e. The van der Waals surface area contributed by atoms with Gasteiger partial charge in [-0.3, -0.25) is 21.4 Å². The molecule has 0 rings (SSSR count). The van der Waals surface area contributed by atoms with Crippen molar-refractivity contribution in [3.63, 3.8) is 0 Å². The molecule has 0 fully saturated rings. The van der Waals surface area contributed by atoms with Crippen LogP contribution in [0.1, 0.15) is 0 Å². The molecule has 7 nitrogen and oxygen atoms in total. The van der Waals surface area contributed by atoms with E-state index in [0.29, 0.717) is 0 Å². The van der Waals surface area contributed by atoms with Crippen molar-refractivity contribution in [2.24, 2.45) is 16.6 Å². The van der Waals surface area contributed by atoms with E-state index in [9.17, 15) is 0 Å². The smallest absolute Gasteiger partial charge is 0.291 e. The van der Waals surface area contributed by atoms with E-state index >= 15 is 0 Å². The summed E-state index contributed by atoms with van der Waals surface area (Å²) < 4.78 is 25.2. The first-order valence-corrected chi connectivity index (χ1v) is 3.12. The Hall–Kier alpha value is -0.860. The van der Waals surface area contributed by atoms with Crippen molar-refractivity contribution < 1.29 is 18.4 Å². The number of nitrogens with two attached hydrogens (primary N) is 4. The van der Waals surface area contributed by atoms with Gasteiger partial charge in [0.25, 0.3) is 0 Å². The average molecular weight is 157 g/mol. The molecule has 0 aliphatic heterocycles. The van der Waals surface area contributed by atoms with Crippen LogP contribution < -0.4 is 22.0 Å². The topological polar surface area (TPSA) is 158 Å². The van der Waals surface area contributed by atoms with Gasteiger partial charge >= 0.3 is 16.3 Å². The molecule has 8 heteroatoms. The third-order valence-corrected chi connectivity index (χ3v) is 0. The summed E-state index contributed by atoms with van der Waals surface area (Å²) >= 11 is 0. The molecule has 56 valence electrons. The highest BCUT2D eigenvalue weighted by molar-refractivity contribution is 7.83. The average Bonchev–Trinajstić information content (AvgIpc) is 1.19. The van der Waals surface area contributed by atoms with E-state index < -0.39 is 10.3 Å². The molecule has 0 aromatic rings. The maximum Gasteiger partial charge on any atom is 0.336 e. The van der Waals surface area contributed by atoms with Crippen molar-refractivity contribution >= 4 is 16.3 Å². The van der Waals surface area contributed by atoms with Gasteiger partial charge in [0, 0.05) is 0 Å². The third-order valence-electron chi connectivity index (χ3n) is 0. The predicted molar refractivity (Wildman–Crippen MR) is 31.0 cm³/mol. The molecular formula is CH9N4O3S+. The number of guanidine groups is 1. The first-order chi connectivity index (χ1) is 3.73. The Bertz CT molecular complexity index is 158. The minimum atomic E-state index is -4.17. The van der Waals surface area contributed by atoms with E-state index in [4.69, 9.17) is 13.0 Å². The van der Waals surface area contributed by atoms with E-state index in [-0.39, 0.29) is 5.96 Å². The van der Waals surface area contributed by atoms with Crippen LogP contribution >= 0.6 is 0 Å². The molecule has 0 aliphatic rings. The molecule has 0 heterocycles. The predicted octanol–water partition coefficient (Wildman–Crippen LogP) is -4.23. The van der Waals surface area contributed by atoms with E-state index in [1.54, 1.807) is 0 Å². The van der Waals surface area contributed by atoms with E-state index in [2.05, 4.69) is 22.0 Å². The van der Waals surface area contributed by atoms with Crippen molar-refractivity contribution in [1.82, 2.24) is 0 Å². The second kappa shape index (κ2) is 4.06. The van der Waals surface area contributed by atoms with Crippen LogP contribution in [0.25, 0.3) is 0 Å². The van der Waals surface area contributed by atoms with E-state index in [1.165, 1.54) is 0 Å². The van der Waals surface area contributed by atoms with Gasteiger partial charge in [-0.15, -0.1) is 0 Å². The maximum absolute atomic E-state index is 8.97. The molecule has 0 radical (unpaired) electrons. The molecule has 0 saturated heterocycles. The highest BCUT2D eigenvalue weighted by atomic mass is 32.2. The lowest BCUT2D eigenvalue weighted by molar-refractivity contribution is -0.116. The largest absolute Gasteiger partial charge is 0.336 e. The van der Waals surface area contributed by atoms with Crippen molar-refractivity contribution in [1.29, 1.82) is 0 Å². The van der Waals surface area contributed by atoms with Crippen LogP contribution in [0.15, 0.2) is 0 Å². The van der Waals surface area contributed by atoms with Crippen LogP contribution in [0.2, 0.25) is 0 Å². The van der Waals surface area contributed by atoms with Gasteiger partial charge in [-0.2, -0.15) is 8.42 Å². The standard InChI is InChI=1S/CH5N3.H3NO3S/c2-1(3)4;1-5(2,3)4/h(H5,2,3,4);(H3,1,2,3,4)/p+1. The van der Waals surface area contributed by atoms with Gasteiger partial charge < -0.3 is 0 Å². The molecule has 0 spiro atoms. The number of hydrogen-bond acceptors (Lipinski definition) is 2. The molecule has 0 amide bonds. The fourth-order valence-corrected chi connectivity index (χ4v) is 0. The molecule has 0 atom stereocenters. The normalized spacial score (nSPS) is 9.11. The van der Waals surface area contributed by atoms with Crippen molar-refractivity contribution in [3.05, 3.63) is 0 Å². The van der Waals surface area contributed by atoms with Crippen molar-refractivity contribution in [2.75, 3.05) is 0 Å². The molecule has 0 saturated carbocycles. The highest BCUT2D eigenvalue weighted by Gasteiger charge is 1.81. The first kappa shape index (κ1) is 11.0. The second-order valence-corrected chi connectivity index (χ2v) is 2.04. The Morgan fingerprint density at radius 1 is 1.44 bits per heavy atom. The van der Waals surface area contributed by atoms with Gasteiger partial charge in [-0.1, -0.05) is 0 Å². The zero-order valence-corrected chi connectivity index (χ0v) is 5.30. The summed E-state index contributed by atoms with van der Waals surface area (Å²) in [6, 6.07) is 0. The van der Waals surface area contributed by atoms with Gasteiger partial charge in [-0.05, 0) is 0 Å². The Kier molecular flexibility index (Phi) is 4.97. The molecular weight excluding hydrogens is 148 g/mol. The summed E-state index contributed by atoms with van der Waals surface area (Å²) in [6.07, 6.45) is 0. The maximum atomic E-state index is 8.97. The van der Waals surface area contributed by atoms with Crippen molar-refractivity contribution in [2.45, 2.75) is 0 Å². The molecule has 9 heavy (non-hydrogen) atoms. The summed E-state index contributed by atoms with van der Waals surface area (Å²) in [7, 11) is -4.17. The van der Waals surface area contributed by atoms with E-state index in [1.807, 2.05) is 0 Å². The number of hydrogen-bond donors (Lipinski definition) is 5. The fraction of sp³-hybridized carbons (Fsp3) is 0. The second-order valence-electron chi connectivity index (χ2n) is 1.01. The molecule has 0 unspecified atom stereocenters. The SMILES string of the molecule is NC(N)=[NH2+].NS(=O)(=O)O. The Morgan fingerprint density at radius 3 is 1.44 bits per heavy atom. The van der Waals surface area contributed by atoms with Crippen LogP contribution in [0.4, 0.5) is 0 Å². The lowest BCUT2D eigenvalue weighted by Gasteiger charge is -1.70. The molecule has 0 aromatic heterocycles. The summed E-state index contributed by atoms with van der Waals surface area (Å²) in [5.41, 5.74) is 9.17. The zero-order chi connectivity index (χ0) is 8.08. The monoisotopic (exact) mass is 157 g/mol. The van der Waals surface area contributed by atoms with E-state index in [0.717, 1.165) is 0 Å². The molecule has 0 bridgehead atoms. The van der Waals surface area contributed by atoms with Crippen molar-refractivity contribution in [3.8, 4) is 0 Å². The van der Waals surface area contributed by atoms with Crippen LogP contribution in [0.3, 0.4) is 0 Å². The Balaban J connectivity index is 0. The first-order valence-electron chi connectivity index (χ1n) is 1.62. The Labute approximate surface area is 52.2 Å². The lowest BCUT2D eigenvalue weighted by Crippen LogP contribution is -2.51.